The SMILES string of the molecule is CC(C)NCc1cc(Br)ccc1OC(C)C#N. The van der Waals surface area contributed by atoms with E-state index in [1.807, 2.05) is 18.2 Å². The fraction of sp³-hybridized carbons (Fsp3) is 0.462. The fourth-order valence-electron chi connectivity index (χ4n) is 1.33. The van der Waals surface area contributed by atoms with Crippen molar-refractivity contribution in [3.63, 3.8) is 0 Å². The molecule has 0 amide bonds. The molecule has 0 aliphatic carbocycles. The molecule has 4 heteroatoms. The summed E-state index contributed by atoms with van der Waals surface area (Å²) < 4.78 is 6.57. The Bertz CT molecular complexity index is 412. The van der Waals surface area contributed by atoms with E-state index in [0.29, 0.717) is 6.04 Å². The van der Waals surface area contributed by atoms with Gasteiger partial charge in [0, 0.05) is 22.6 Å². The fourth-order valence-corrected chi connectivity index (χ4v) is 1.74. The van der Waals surface area contributed by atoms with Gasteiger partial charge in [-0.25, -0.2) is 0 Å². The van der Waals surface area contributed by atoms with E-state index in [-0.39, 0.29) is 0 Å². The largest absolute Gasteiger partial charge is 0.476 e. The Labute approximate surface area is 111 Å². The Kier molecular flexibility index (Phi) is 5.46. The number of nitrogens with zero attached hydrogens (tertiary/aromatic N) is 1. The molecule has 0 aromatic heterocycles. The highest BCUT2D eigenvalue weighted by atomic mass is 79.9. The third-order valence-electron chi connectivity index (χ3n) is 2.21. The molecule has 0 aliphatic rings. The van der Waals surface area contributed by atoms with Crippen molar-refractivity contribution in [3.05, 3.63) is 28.2 Å². The molecule has 1 aromatic rings. The molecular weight excluding hydrogens is 280 g/mol. The second-order valence-corrected chi connectivity index (χ2v) is 5.09. The summed E-state index contributed by atoms with van der Waals surface area (Å²) in [5.41, 5.74) is 1.05. The summed E-state index contributed by atoms with van der Waals surface area (Å²) in [7, 11) is 0. The first-order valence-electron chi connectivity index (χ1n) is 5.61. The van der Waals surface area contributed by atoms with Crippen molar-refractivity contribution in [2.45, 2.75) is 39.5 Å². The number of nitrogens with one attached hydrogen (secondary N) is 1. The van der Waals surface area contributed by atoms with Gasteiger partial charge in [0.1, 0.15) is 11.8 Å². The van der Waals surface area contributed by atoms with Gasteiger partial charge in [-0.2, -0.15) is 5.26 Å². The third-order valence-corrected chi connectivity index (χ3v) is 2.70. The third kappa shape index (κ3) is 4.76. The van der Waals surface area contributed by atoms with Gasteiger partial charge in [0.25, 0.3) is 0 Å². The minimum atomic E-state index is -0.436. The Morgan fingerprint density at radius 1 is 1.41 bits per heavy atom. The molecule has 0 aliphatic heterocycles. The molecule has 0 bridgehead atoms. The lowest BCUT2D eigenvalue weighted by Crippen LogP contribution is -2.22. The normalized spacial score (nSPS) is 12.2. The molecular formula is C13H17BrN2O. The highest BCUT2D eigenvalue weighted by molar-refractivity contribution is 9.10. The number of ether oxygens (including phenoxy) is 1. The van der Waals surface area contributed by atoms with Crippen molar-refractivity contribution in [3.8, 4) is 11.8 Å². The van der Waals surface area contributed by atoms with Gasteiger partial charge in [-0.1, -0.05) is 29.8 Å². The first-order valence-corrected chi connectivity index (χ1v) is 6.40. The number of halogens is 1. The van der Waals surface area contributed by atoms with Crippen LogP contribution in [-0.2, 0) is 6.54 Å². The van der Waals surface area contributed by atoms with Crippen LogP contribution in [0.4, 0.5) is 0 Å². The summed E-state index contributed by atoms with van der Waals surface area (Å²) in [5, 5.41) is 12.1. The van der Waals surface area contributed by atoms with Crippen LogP contribution in [0.15, 0.2) is 22.7 Å². The van der Waals surface area contributed by atoms with Crippen molar-refractivity contribution < 1.29 is 4.74 Å². The zero-order valence-electron chi connectivity index (χ0n) is 10.3. The first kappa shape index (κ1) is 14.0. The zero-order chi connectivity index (χ0) is 12.8. The van der Waals surface area contributed by atoms with Crippen LogP contribution in [-0.4, -0.2) is 12.1 Å². The second kappa shape index (κ2) is 6.63. The average molecular weight is 297 g/mol. The van der Waals surface area contributed by atoms with Crippen LogP contribution in [0.3, 0.4) is 0 Å². The van der Waals surface area contributed by atoms with E-state index in [0.717, 1.165) is 22.3 Å². The quantitative estimate of drug-likeness (QED) is 0.907. The summed E-state index contributed by atoms with van der Waals surface area (Å²) in [6.07, 6.45) is -0.436. The Morgan fingerprint density at radius 2 is 2.12 bits per heavy atom. The smallest absolute Gasteiger partial charge is 0.181 e. The van der Waals surface area contributed by atoms with E-state index in [1.54, 1.807) is 6.92 Å². The van der Waals surface area contributed by atoms with Crippen molar-refractivity contribution in [2.75, 3.05) is 0 Å². The van der Waals surface area contributed by atoms with Crippen LogP contribution in [0, 0.1) is 11.3 Å². The van der Waals surface area contributed by atoms with Gasteiger partial charge in [-0.05, 0) is 25.1 Å². The van der Waals surface area contributed by atoms with Gasteiger partial charge in [-0.15, -0.1) is 0 Å². The van der Waals surface area contributed by atoms with E-state index >= 15 is 0 Å². The molecule has 0 saturated carbocycles. The van der Waals surface area contributed by atoms with Crippen LogP contribution in [0.2, 0.25) is 0 Å². The van der Waals surface area contributed by atoms with E-state index in [1.165, 1.54) is 0 Å². The maximum atomic E-state index is 8.76. The topological polar surface area (TPSA) is 45.0 Å². The van der Waals surface area contributed by atoms with E-state index in [2.05, 4.69) is 41.2 Å². The molecule has 1 rings (SSSR count). The van der Waals surface area contributed by atoms with Crippen molar-refractivity contribution >= 4 is 15.9 Å². The van der Waals surface area contributed by atoms with E-state index in [4.69, 9.17) is 10.00 Å². The predicted octanol–water partition coefficient (Wildman–Crippen LogP) is 3.24. The van der Waals surface area contributed by atoms with Crippen molar-refractivity contribution in [1.29, 1.82) is 5.26 Å². The Hall–Kier alpha value is -1.05. The molecule has 1 unspecified atom stereocenters. The molecule has 92 valence electrons. The second-order valence-electron chi connectivity index (χ2n) is 4.18. The van der Waals surface area contributed by atoms with Crippen molar-refractivity contribution in [2.24, 2.45) is 0 Å². The van der Waals surface area contributed by atoms with Gasteiger partial charge in [0.2, 0.25) is 0 Å². The molecule has 0 spiro atoms. The maximum Gasteiger partial charge on any atom is 0.181 e. The molecule has 0 fully saturated rings. The lowest BCUT2D eigenvalue weighted by atomic mass is 10.2. The van der Waals surface area contributed by atoms with E-state index in [9.17, 15) is 0 Å². The lowest BCUT2D eigenvalue weighted by molar-refractivity contribution is 0.272. The molecule has 1 atom stereocenters. The van der Waals surface area contributed by atoms with Crippen LogP contribution in [0.25, 0.3) is 0 Å². The van der Waals surface area contributed by atoms with Gasteiger partial charge in [-0.3, -0.25) is 0 Å². The van der Waals surface area contributed by atoms with Crippen LogP contribution >= 0.6 is 15.9 Å². The maximum absolute atomic E-state index is 8.76. The van der Waals surface area contributed by atoms with Gasteiger partial charge in [0.05, 0.1) is 0 Å². The molecule has 0 radical (unpaired) electrons. The molecule has 0 heterocycles. The number of hydrogen-bond donors (Lipinski definition) is 1. The van der Waals surface area contributed by atoms with E-state index < -0.39 is 6.10 Å². The van der Waals surface area contributed by atoms with Gasteiger partial charge >= 0.3 is 0 Å². The van der Waals surface area contributed by atoms with Crippen molar-refractivity contribution in [1.82, 2.24) is 5.32 Å². The summed E-state index contributed by atoms with van der Waals surface area (Å²) in [4.78, 5) is 0. The summed E-state index contributed by atoms with van der Waals surface area (Å²) in [5.74, 6) is 0.760. The minimum absolute atomic E-state index is 0.412. The highest BCUT2D eigenvalue weighted by Crippen LogP contribution is 2.24. The molecule has 17 heavy (non-hydrogen) atoms. The number of nitriles is 1. The highest BCUT2D eigenvalue weighted by Gasteiger charge is 2.08. The lowest BCUT2D eigenvalue weighted by Gasteiger charge is -2.15. The van der Waals surface area contributed by atoms with Gasteiger partial charge < -0.3 is 10.1 Å². The first-order chi connectivity index (χ1) is 8.02. The molecule has 1 N–H and O–H groups in total. The Balaban J connectivity index is 2.84. The molecule has 1 aromatic carbocycles. The summed E-state index contributed by atoms with van der Waals surface area (Å²) >= 11 is 3.44. The predicted molar refractivity (Wildman–Crippen MR) is 71.8 cm³/mol. The number of rotatable bonds is 5. The number of benzene rings is 1. The standard InChI is InChI=1S/C13H17BrN2O/c1-9(2)16-8-11-6-12(14)4-5-13(11)17-10(3)7-15/h4-6,9-10,16H,8H2,1-3H3. The monoisotopic (exact) mass is 296 g/mol. The molecule has 0 saturated heterocycles. The van der Waals surface area contributed by atoms with Crippen LogP contribution < -0.4 is 10.1 Å². The minimum Gasteiger partial charge on any atom is -0.476 e. The number of hydrogen-bond acceptors (Lipinski definition) is 3. The zero-order valence-corrected chi connectivity index (χ0v) is 11.9. The Morgan fingerprint density at radius 3 is 2.71 bits per heavy atom. The molecule has 3 nitrogen and oxygen atoms in total. The summed E-state index contributed by atoms with van der Waals surface area (Å²) in [6, 6.07) is 8.29. The van der Waals surface area contributed by atoms with Gasteiger partial charge in [0.15, 0.2) is 6.10 Å². The van der Waals surface area contributed by atoms with Crippen LogP contribution in [0.1, 0.15) is 26.3 Å². The average Bonchev–Trinajstić information content (AvgIpc) is 2.29. The summed E-state index contributed by atoms with van der Waals surface area (Å²) in [6.45, 7) is 6.65. The van der Waals surface area contributed by atoms with Crippen LogP contribution in [0.5, 0.6) is 5.75 Å².